The van der Waals surface area contributed by atoms with Gasteiger partial charge in [-0.3, -0.25) is 9.05 Å². The van der Waals surface area contributed by atoms with Crippen LogP contribution in [-0.4, -0.2) is 13.2 Å². The zero-order chi connectivity index (χ0) is 10.2. The maximum atomic E-state index is 11.3. The topological polar surface area (TPSA) is 61.5 Å². The summed E-state index contributed by atoms with van der Waals surface area (Å²) in [6.07, 6.45) is 3.71. The van der Waals surface area contributed by atoms with Gasteiger partial charge in [-0.2, -0.15) is 0 Å². The van der Waals surface area contributed by atoms with Crippen LogP contribution in [0.25, 0.3) is 0 Å². The molecule has 13 heavy (non-hydrogen) atoms. The van der Waals surface area contributed by atoms with Crippen LogP contribution in [-0.2, 0) is 13.6 Å². The molecular weight excluding hydrogens is 189 g/mol. The molecule has 0 saturated heterocycles. The lowest BCUT2D eigenvalue weighted by atomic mass is 10.4. The Balaban J connectivity index is 3.49. The first kappa shape index (κ1) is 13.1. The van der Waals surface area contributed by atoms with Crippen LogP contribution in [0.3, 0.4) is 0 Å². The molecule has 0 radical (unpaired) electrons. The van der Waals surface area contributed by atoms with Crippen molar-refractivity contribution in [1.82, 2.24) is 0 Å². The minimum atomic E-state index is -3.25. The summed E-state index contributed by atoms with van der Waals surface area (Å²) < 4.78 is 21.2. The Bertz CT molecular complexity index is 149. The van der Waals surface area contributed by atoms with Crippen LogP contribution in [0.15, 0.2) is 0 Å². The van der Waals surface area contributed by atoms with Gasteiger partial charge in [0.2, 0.25) is 0 Å². The zero-order valence-electron chi connectivity index (χ0n) is 8.49. The third-order valence-corrected chi connectivity index (χ3v) is 2.62. The molecule has 0 aliphatic carbocycles. The number of hydrogen-bond donors (Lipinski definition) is 1. The Morgan fingerprint density at radius 1 is 1.08 bits per heavy atom. The molecule has 0 amide bonds. The van der Waals surface area contributed by atoms with Gasteiger partial charge < -0.3 is 0 Å². The van der Waals surface area contributed by atoms with Crippen LogP contribution in [0.4, 0.5) is 0 Å². The summed E-state index contributed by atoms with van der Waals surface area (Å²) in [5, 5.41) is 0. The van der Waals surface area contributed by atoms with E-state index in [2.05, 4.69) is 0 Å². The fourth-order valence-electron chi connectivity index (χ4n) is 0.710. The van der Waals surface area contributed by atoms with Gasteiger partial charge in [0.1, 0.15) is 0 Å². The summed E-state index contributed by atoms with van der Waals surface area (Å²) in [4.78, 5) is 0. The van der Waals surface area contributed by atoms with Gasteiger partial charge in [0, 0.05) is 0 Å². The molecule has 80 valence electrons. The van der Waals surface area contributed by atoms with E-state index in [4.69, 9.17) is 14.6 Å². The molecular formula is C8H20NO3P. The molecule has 0 aliphatic heterocycles. The number of hydrogen-bond acceptors (Lipinski definition) is 3. The van der Waals surface area contributed by atoms with E-state index >= 15 is 0 Å². The van der Waals surface area contributed by atoms with Crippen LogP contribution >= 0.6 is 7.75 Å². The first-order chi connectivity index (χ1) is 6.12. The van der Waals surface area contributed by atoms with Crippen molar-refractivity contribution < 1.29 is 13.6 Å². The molecule has 0 fully saturated rings. The quantitative estimate of drug-likeness (QED) is 0.493. The molecule has 0 rings (SSSR count). The molecule has 0 aromatic carbocycles. The third-order valence-electron chi connectivity index (χ3n) is 1.54. The average molecular weight is 209 g/mol. The van der Waals surface area contributed by atoms with Gasteiger partial charge in [-0.25, -0.2) is 10.1 Å². The van der Waals surface area contributed by atoms with Gasteiger partial charge >= 0.3 is 7.75 Å². The molecule has 5 heteroatoms. The summed E-state index contributed by atoms with van der Waals surface area (Å²) in [5.41, 5.74) is 5.31. The fourth-order valence-corrected chi connectivity index (χ4v) is 1.55. The summed E-state index contributed by atoms with van der Waals surface area (Å²) in [6, 6.07) is 0. The van der Waals surface area contributed by atoms with Gasteiger partial charge in [-0.15, -0.1) is 0 Å². The summed E-state index contributed by atoms with van der Waals surface area (Å²) >= 11 is 0. The highest BCUT2D eigenvalue weighted by atomic mass is 31.2. The van der Waals surface area contributed by atoms with Crippen molar-refractivity contribution in [3.63, 3.8) is 0 Å². The van der Waals surface area contributed by atoms with Crippen LogP contribution in [0.2, 0.25) is 0 Å². The van der Waals surface area contributed by atoms with Crippen molar-refractivity contribution in [2.45, 2.75) is 39.5 Å². The summed E-state index contributed by atoms with van der Waals surface area (Å²) in [5.74, 6) is 0. The van der Waals surface area contributed by atoms with Crippen LogP contribution in [0.5, 0.6) is 0 Å². The van der Waals surface area contributed by atoms with Crippen molar-refractivity contribution in [3.05, 3.63) is 0 Å². The van der Waals surface area contributed by atoms with Gasteiger partial charge in [-0.1, -0.05) is 26.7 Å². The third kappa shape index (κ3) is 8.44. The predicted octanol–water partition coefficient (Wildman–Crippen LogP) is 2.69. The largest absolute Gasteiger partial charge is 0.402 e. The molecule has 2 N–H and O–H groups in total. The van der Waals surface area contributed by atoms with E-state index in [1.807, 2.05) is 13.8 Å². The van der Waals surface area contributed by atoms with Crippen LogP contribution in [0.1, 0.15) is 39.5 Å². The highest BCUT2D eigenvalue weighted by molar-refractivity contribution is 7.51. The molecule has 0 aliphatic rings. The molecule has 0 spiro atoms. The monoisotopic (exact) mass is 209 g/mol. The van der Waals surface area contributed by atoms with Crippen molar-refractivity contribution in [2.24, 2.45) is 5.50 Å². The lowest BCUT2D eigenvalue weighted by Gasteiger charge is -2.12. The molecule has 0 aromatic rings. The minimum Gasteiger partial charge on any atom is -0.297 e. The van der Waals surface area contributed by atoms with Crippen LogP contribution in [0, 0.1) is 0 Å². The SMILES string of the molecule is CCCCOP(N)(=O)OCCCC. The second-order valence-electron chi connectivity index (χ2n) is 2.91. The standard InChI is InChI=1S/C8H20NO3P/c1-3-5-7-11-13(9,10)12-8-6-4-2/h3-8H2,1-2H3,(H2,9,10). The Kier molecular flexibility index (Phi) is 7.57. The van der Waals surface area contributed by atoms with Crippen molar-refractivity contribution >= 4 is 7.75 Å². The molecule has 0 heterocycles. The number of rotatable bonds is 8. The lowest BCUT2D eigenvalue weighted by Crippen LogP contribution is -2.05. The normalized spacial score (nSPS) is 11.9. The van der Waals surface area contributed by atoms with Gasteiger partial charge in [0.25, 0.3) is 0 Å². The fraction of sp³-hybridized carbons (Fsp3) is 1.00. The van der Waals surface area contributed by atoms with Crippen molar-refractivity contribution in [2.75, 3.05) is 13.2 Å². The molecule has 0 unspecified atom stereocenters. The number of unbranched alkanes of at least 4 members (excludes halogenated alkanes) is 2. The van der Waals surface area contributed by atoms with Gasteiger partial charge in [-0.05, 0) is 12.8 Å². The van der Waals surface area contributed by atoms with Gasteiger partial charge in [0.05, 0.1) is 13.2 Å². The van der Waals surface area contributed by atoms with Crippen molar-refractivity contribution in [3.8, 4) is 0 Å². The maximum Gasteiger partial charge on any atom is 0.402 e. The molecule has 0 bridgehead atoms. The Hall–Kier alpha value is 0.110. The Morgan fingerprint density at radius 3 is 1.77 bits per heavy atom. The second kappa shape index (κ2) is 7.51. The molecule has 0 saturated carbocycles. The van der Waals surface area contributed by atoms with E-state index in [1.165, 1.54) is 0 Å². The van der Waals surface area contributed by atoms with E-state index in [-0.39, 0.29) is 0 Å². The molecule has 0 atom stereocenters. The maximum absolute atomic E-state index is 11.3. The van der Waals surface area contributed by atoms with E-state index in [9.17, 15) is 4.57 Å². The van der Waals surface area contributed by atoms with E-state index < -0.39 is 7.75 Å². The van der Waals surface area contributed by atoms with Crippen LogP contribution < -0.4 is 5.50 Å². The zero-order valence-corrected chi connectivity index (χ0v) is 9.39. The smallest absolute Gasteiger partial charge is 0.297 e. The first-order valence-corrected chi connectivity index (χ1v) is 6.41. The van der Waals surface area contributed by atoms with E-state index in [0.717, 1.165) is 25.7 Å². The first-order valence-electron chi connectivity index (χ1n) is 4.80. The molecule has 4 nitrogen and oxygen atoms in total. The predicted molar refractivity (Wildman–Crippen MR) is 53.5 cm³/mol. The van der Waals surface area contributed by atoms with Gasteiger partial charge in [0.15, 0.2) is 0 Å². The lowest BCUT2D eigenvalue weighted by molar-refractivity contribution is 0.200. The number of nitrogens with two attached hydrogens (primary N) is 1. The highest BCUT2D eigenvalue weighted by Gasteiger charge is 2.16. The average Bonchev–Trinajstić information content (AvgIpc) is 2.05. The highest BCUT2D eigenvalue weighted by Crippen LogP contribution is 2.39. The second-order valence-corrected chi connectivity index (χ2v) is 4.51. The minimum absolute atomic E-state index is 0.413. The molecule has 0 aromatic heterocycles. The summed E-state index contributed by atoms with van der Waals surface area (Å²) in [7, 11) is -3.25. The van der Waals surface area contributed by atoms with Crippen molar-refractivity contribution in [1.29, 1.82) is 0 Å². The van der Waals surface area contributed by atoms with E-state index in [1.54, 1.807) is 0 Å². The Labute approximate surface area is 80.4 Å². The summed E-state index contributed by atoms with van der Waals surface area (Å²) in [6.45, 7) is 4.89. The van der Waals surface area contributed by atoms with E-state index in [0.29, 0.717) is 13.2 Å². The Morgan fingerprint density at radius 2 is 1.46 bits per heavy atom.